The van der Waals surface area contributed by atoms with Crippen molar-refractivity contribution in [3.8, 4) is 0 Å². The molecule has 0 rings (SSSR count). The standard InChI is InChI=1S/C61H113NO5/c1-3-5-7-9-11-13-15-17-18-19-20-21-22-23-24-26-30-33-37-41-45-49-53-59(64)58(57-63)62-60(65)54-50-46-42-38-34-31-27-25-28-32-36-40-44-48-52-56-67-61(66)55-51-47-43-39-35-29-16-14-12-10-8-6-4-2/h8,10,14,16,25,28,32,36,58-59,63-64H,3-7,9,11-13,15,17-24,26-27,29-31,33-35,37-57H2,1-2H3,(H,62,65)/b10-8-,16-14-,28-25-,36-32-. The van der Waals surface area contributed by atoms with E-state index in [1.54, 1.807) is 0 Å². The summed E-state index contributed by atoms with van der Waals surface area (Å²) in [6.07, 6.45) is 71.1. The van der Waals surface area contributed by atoms with Gasteiger partial charge in [-0.25, -0.2) is 0 Å². The zero-order chi connectivity index (χ0) is 48.6. The first-order chi connectivity index (χ1) is 33.0. The molecule has 1 amide bonds. The summed E-state index contributed by atoms with van der Waals surface area (Å²) in [5.74, 6) is -0.0935. The molecule has 0 aliphatic rings. The fourth-order valence-electron chi connectivity index (χ4n) is 8.84. The second-order valence-electron chi connectivity index (χ2n) is 20.0. The van der Waals surface area contributed by atoms with Crippen LogP contribution in [-0.2, 0) is 14.3 Å². The average Bonchev–Trinajstić information content (AvgIpc) is 3.33. The molecule has 0 saturated carbocycles. The summed E-state index contributed by atoms with van der Waals surface area (Å²) in [4.78, 5) is 24.5. The summed E-state index contributed by atoms with van der Waals surface area (Å²) in [5, 5.41) is 23.3. The van der Waals surface area contributed by atoms with E-state index in [1.807, 2.05) is 0 Å². The van der Waals surface area contributed by atoms with E-state index >= 15 is 0 Å². The van der Waals surface area contributed by atoms with Gasteiger partial charge in [0.15, 0.2) is 0 Å². The number of carbonyl (C=O) groups excluding carboxylic acids is 2. The van der Waals surface area contributed by atoms with Gasteiger partial charge in [0.25, 0.3) is 0 Å². The quantitative estimate of drug-likeness (QED) is 0.0244. The molecule has 0 aliphatic carbocycles. The van der Waals surface area contributed by atoms with Gasteiger partial charge in [0, 0.05) is 12.8 Å². The fourth-order valence-corrected chi connectivity index (χ4v) is 8.84. The minimum atomic E-state index is -0.681. The lowest BCUT2D eigenvalue weighted by atomic mass is 10.0. The first-order valence-electron chi connectivity index (χ1n) is 29.4. The number of hydrogen-bond donors (Lipinski definition) is 3. The highest BCUT2D eigenvalue weighted by molar-refractivity contribution is 5.76. The van der Waals surface area contributed by atoms with Crippen LogP contribution in [0.5, 0.6) is 0 Å². The van der Waals surface area contributed by atoms with Gasteiger partial charge in [0.1, 0.15) is 0 Å². The monoisotopic (exact) mass is 940 g/mol. The van der Waals surface area contributed by atoms with Crippen molar-refractivity contribution in [1.29, 1.82) is 0 Å². The molecule has 0 aromatic heterocycles. The number of unbranched alkanes of at least 4 members (excludes halogenated alkanes) is 36. The van der Waals surface area contributed by atoms with Crippen molar-refractivity contribution in [3.05, 3.63) is 48.6 Å². The van der Waals surface area contributed by atoms with Crippen LogP contribution < -0.4 is 5.32 Å². The Morgan fingerprint density at radius 1 is 0.433 bits per heavy atom. The molecule has 3 N–H and O–H groups in total. The van der Waals surface area contributed by atoms with E-state index in [0.717, 1.165) is 89.9 Å². The molecular weight excluding hydrogens is 827 g/mol. The van der Waals surface area contributed by atoms with Crippen LogP contribution in [-0.4, -0.2) is 47.4 Å². The number of ether oxygens (including phenoxy) is 1. The van der Waals surface area contributed by atoms with Crippen molar-refractivity contribution < 1.29 is 24.5 Å². The zero-order valence-electron chi connectivity index (χ0n) is 44.6. The lowest BCUT2D eigenvalue weighted by Gasteiger charge is -2.22. The van der Waals surface area contributed by atoms with Crippen molar-refractivity contribution in [2.75, 3.05) is 13.2 Å². The molecule has 0 spiro atoms. The maximum absolute atomic E-state index is 12.5. The number of amides is 1. The molecule has 0 saturated heterocycles. The molecule has 6 nitrogen and oxygen atoms in total. The molecule has 6 heteroatoms. The van der Waals surface area contributed by atoms with Gasteiger partial charge < -0.3 is 20.3 Å². The smallest absolute Gasteiger partial charge is 0.305 e. The van der Waals surface area contributed by atoms with Crippen LogP contribution in [0, 0.1) is 0 Å². The summed E-state index contributed by atoms with van der Waals surface area (Å²) in [7, 11) is 0. The van der Waals surface area contributed by atoms with Crippen LogP contribution in [0.15, 0.2) is 48.6 Å². The number of carbonyl (C=O) groups is 2. The van der Waals surface area contributed by atoms with Crippen molar-refractivity contribution in [1.82, 2.24) is 5.32 Å². The predicted octanol–water partition coefficient (Wildman–Crippen LogP) is 18.2. The van der Waals surface area contributed by atoms with Crippen LogP contribution in [0.2, 0.25) is 0 Å². The maximum atomic E-state index is 12.5. The Kier molecular flexibility index (Phi) is 54.6. The Balaban J connectivity index is 3.52. The first kappa shape index (κ1) is 64.8. The summed E-state index contributed by atoms with van der Waals surface area (Å²) in [5.41, 5.74) is 0. The Morgan fingerprint density at radius 2 is 0.821 bits per heavy atom. The second kappa shape index (κ2) is 56.4. The molecule has 0 aromatic carbocycles. The highest BCUT2D eigenvalue weighted by Crippen LogP contribution is 2.17. The van der Waals surface area contributed by atoms with Crippen molar-refractivity contribution in [3.63, 3.8) is 0 Å². The fraction of sp³-hybridized carbons (Fsp3) is 0.836. The lowest BCUT2D eigenvalue weighted by molar-refractivity contribution is -0.143. The van der Waals surface area contributed by atoms with Crippen molar-refractivity contribution in [2.24, 2.45) is 0 Å². The Morgan fingerprint density at radius 3 is 1.28 bits per heavy atom. The summed E-state index contributed by atoms with van der Waals surface area (Å²) < 4.78 is 5.43. The Labute approximate surface area is 416 Å². The molecule has 2 unspecified atom stereocenters. The number of rotatable bonds is 54. The molecule has 0 bridgehead atoms. The number of esters is 1. The van der Waals surface area contributed by atoms with E-state index in [1.165, 1.54) is 180 Å². The van der Waals surface area contributed by atoms with Gasteiger partial charge in [0.05, 0.1) is 25.4 Å². The molecule has 0 radical (unpaired) electrons. The Hall–Kier alpha value is -2.18. The first-order valence-corrected chi connectivity index (χ1v) is 29.4. The number of hydrogen-bond acceptors (Lipinski definition) is 5. The van der Waals surface area contributed by atoms with E-state index in [-0.39, 0.29) is 18.5 Å². The number of allylic oxidation sites excluding steroid dienone is 8. The highest BCUT2D eigenvalue weighted by atomic mass is 16.5. The zero-order valence-corrected chi connectivity index (χ0v) is 44.6. The predicted molar refractivity (Wildman–Crippen MR) is 292 cm³/mol. The van der Waals surface area contributed by atoms with E-state index in [2.05, 4.69) is 67.8 Å². The number of aliphatic hydroxyl groups is 2. The molecule has 0 heterocycles. The molecular formula is C61H113NO5. The van der Waals surface area contributed by atoms with Gasteiger partial charge in [0.2, 0.25) is 5.91 Å². The van der Waals surface area contributed by atoms with E-state index < -0.39 is 12.1 Å². The molecule has 2 atom stereocenters. The minimum Gasteiger partial charge on any atom is -0.466 e. The normalized spacial score (nSPS) is 13.0. The van der Waals surface area contributed by atoms with Gasteiger partial charge in [-0.3, -0.25) is 9.59 Å². The van der Waals surface area contributed by atoms with Crippen LogP contribution in [0.25, 0.3) is 0 Å². The van der Waals surface area contributed by atoms with Gasteiger partial charge in [-0.2, -0.15) is 0 Å². The van der Waals surface area contributed by atoms with Gasteiger partial charge in [-0.15, -0.1) is 0 Å². The second-order valence-corrected chi connectivity index (χ2v) is 20.0. The molecule has 0 aromatic rings. The summed E-state index contributed by atoms with van der Waals surface area (Å²) in [6.45, 7) is 4.83. The third-order valence-electron chi connectivity index (χ3n) is 13.4. The van der Waals surface area contributed by atoms with Crippen molar-refractivity contribution >= 4 is 11.9 Å². The summed E-state index contributed by atoms with van der Waals surface area (Å²) in [6, 6.07) is -0.561. The van der Waals surface area contributed by atoms with Gasteiger partial charge >= 0.3 is 5.97 Å². The lowest BCUT2D eigenvalue weighted by Crippen LogP contribution is -2.45. The van der Waals surface area contributed by atoms with E-state index in [0.29, 0.717) is 25.9 Å². The van der Waals surface area contributed by atoms with Crippen molar-refractivity contribution in [2.45, 2.75) is 315 Å². The van der Waals surface area contributed by atoms with Crippen LogP contribution in [0.4, 0.5) is 0 Å². The highest BCUT2D eigenvalue weighted by Gasteiger charge is 2.20. The molecule has 67 heavy (non-hydrogen) atoms. The topological polar surface area (TPSA) is 95.9 Å². The minimum absolute atomic E-state index is 0.0370. The molecule has 0 aliphatic heterocycles. The van der Waals surface area contributed by atoms with Gasteiger partial charge in [-0.1, -0.05) is 255 Å². The SMILES string of the molecule is CCC/C=C\C/C=C\CCCCCCCC(=O)OCCCCC/C=C\C=C/CCCCCCCCC(=O)NC(CO)C(O)CCCCCCCCCCCCCCCCCCCCCCCC. The average molecular weight is 941 g/mol. The van der Waals surface area contributed by atoms with Gasteiger partial charge in [-0.05, 0) is 83.5 Å². The van der Waals surface area contributed by atoms with Crippen LogP contribution >= 0.6 is 0 Å². The Bertz CT molecular complexity index is 1130. The maximum Gasteiger partial charge on any atom is 0.305 e. The number of aliphatic hydroxyl groups excluding tert-OH is 2. The molecule has 0 fully saturated rings. The van der Waals surface area contributed by atoms with E-state index in [9.17, 15) is 19.8 Å². The summed E-state index contributed by atoms with van der Waals surface area (Å²) >= 11 is 0. The number of nitrogens with one attached hydrogen (secondary N) is 1. The third kappa shape index (κ3) is 53.0. The largest absolute Gasteiger partial charge is 0.466 e. The molecule has 392 valence electrons. The van der Waals surface area contributed by atoms with E-state index in [4.69, 9.17) is 4.74 Å². The third-order valence-corrected chi connectivity index (χ3v) is 13.4. The van der Waals surface area contributed by atoms with Crippen LogP contribution in [0.3, 0.4) is 0 Å². The van der Waals surface area contributed by atoms with Crippen LogP contribution in [0.1, 0.15) is 303 Å².